The van der Waals surface area contributed by atoms with Gasteiger partial charge in [-0.1, -0.05) is 0 Å². The monoisotopic (exact) mass is 228 g/mol. The van der Waals surface area contributed by atoms with Gasteiger partial charge in [-0.05, 0) is 26.3 Å². The molecule has 2 fully saturated rings. The Morgan fingerprint density at radius 1 is 1.69 bits per heavy atom. The molecule has 2 aliphatic rings. The average molecular weight is 228 g/mol. The molecule has 0 saturated carbocycles. The maximum atomic E-state index is 11.8. The number of ether oxygens (including phenoxy) is 1. The van der Waals surface area contributed by atoms with Crippen LogP contribution in [0.25, 0.3) is 0 Å². The van der Waals surface area contributed by atoms with Crippen LogP contribution in [-0.4, -0.2) is 49.0 Å². The van der Waals surface area contributed by atoms with Crippen molar-refractivity contribution in [2.45, 2.75) is 31.5 Å². The fourth-order valence-corrected chi connectivity index (χ4v) is 2.34. The lowest BCUT2D eigenvalue weighted by molar-refractivity contribution is -0.127. The molecule has 92 valence electrons. The van der Waals surface area contributed by atoms with E-state index < -0.39 is 5.60 Å². The molecule has 3 atom stereocenters. The highest BCUT2D eigenvalue weighted by molar-refractivity contribution is 5.79. The molecule has 3 unspecified atom stereocenters. The van der Waals surface area contributed by atoms with Crippen LogP contribution in [0, 0.1) is 5.92 Å². The fourth-order valence-electron chi connectivity index (χ4n) is 2.34. The van der Waals surface area contributed by atoms with Gasteiger partial charge >= 0.3 is 0 Å². The standard InChI is InChI=1S/C11H20N2O3/c1-8-9(2-5-16-8)10(14)13-7-11(15)3-4-12-6-11/h8-9,12,15H,2-7H2,1H3,(H,13,14). The van der Waals surface area contributed by atoms with E-state index in [1.807, 2.05) is 6.92 Å². The second-order valence-corrected chi connectivity index (χ2v) is 4.84. The second-order valence-electron chi connectivity index (χ2n) is 4.84. The molecule has 2 aliphatic heterocycles. The molecular formula is C11H20N2O3. The molecule has 2 saturated heterocycles. The number of nitrogens with one attached hydrogen (secondary N) is 2. The molecule has 0 radical (unpaired) electrons. The molecule has 0 aromatic rings. The number of hydrogen-bond donors (Lipinski definition) is 3. The van der Waals surface area contributed by atoms with Crippen molar-refractivity contribution in [3.8, 4) is 0 Å². The highest BCUT2D eigenvalue weighted by atomic mass is 16.5. The largest absolute Gasteiger partial charge is 0.387 e. The van der Waals surface area contributed by atoms with Crippen LogP contribution in [0.1, 0.15) is 19.8 Å². The van der Waals surface area contributed by atoms with Crippen LogP contribution >= 0.6 is 0 Å². The first kappa shape index (κ1) is 11.8. The Bertz CT molecular complexity index is 264. The molecule has 0 aromatic heterocycles. The summed E-state index contributed by atoms with van der Waals surface area (Å²) in [4.78, 5) is 11.8. The molecule has 0 spiro atoms. The topological polar surface area (TPSA) is 70.6 Å². The van der Waals surface area contributed by atoms with Gasteiger partial charge in [-0.25, -0.2) is 0 Å². The zero-order chi connectivity index (χ0) is 11.6. The van der Waals surface area contributed by atoms with Gasteiger partial charge in [-0.15, -0.1) is 0 Å². The molecule has 0 aromatic carbocycles. The van der Waals surface area contributed by atoms with Gasteiger partial charge in [0.05, 0.1) is 17.6 Å². The summed E-state index contributed by atoms with van der Waals surface area (Å²) in [6.45, 7) is 4.29. The molecule has 16 heavy (non-hydrogen) atoms. The van der Waals surface area contributed by atoms with E-state index in [1.54, 1.807) is 0 Å². The van der Waals surface area contributed by atoms with E-state index in [0.29, 0.717) is 26.1 Å². The molecular weight excluding hydrogens is 208 g/mol. The van der Waals surface area contributed by atoms with Gasteiger partial charge in [0.15, 0.2) is 0 Å². The number of carbonyl (C=O) groups excluding carboxylic acids is 1. The van der Waals surface area contributed by atoms with Gasteiger partial charge in [-0.3, -0.25) is 4.79 Å². The number of amides is 1. The van der Waals surface area contributed by atoms with Crippen LogP contribution in [0.5, 0.6) is 0 Å². The van der Waals surface area contributed by atoms with Crippen molar-refractivity contribution in [3.63, 3.8) is 0 Å². The van der Waals surface area contributed by atoms with Crippen LogP contribution in [0.2, 0.25) is 0 Å². The minimum absolute atomic E-state index is 0.00338. The van der Waals surface area contributed by atoms with Gasteiger partial charge < -0.3 is 20.5 Å². The smallest absolute Gasteiger partial charge is 0.225 e. The minimum Gasteiger partial charge on any atom is -0.387 e. The zero-order valence-electron chi connectivity index (χ0n) is 9.66. The van der Waals surface area contributed by atoms with Gasteiger partial charge in [-0.2, -0.15) is 0 Å². The van der Waals surface area contributed by atoms with Crippen molar-refractivity contribution < 1.29 is 14.6 Å². The van der Waals surface area contributed by atoms with E-state index in [-0.39, 0.29) is 17.9 Å². The SMILES string of the molecule is CC1OCCC1C(=O)NCC1(O)CCNC1. The Balaban J connectivity index is 1.79. The van der Waals surface area contributed by atoms with Crippen molar-refractivity contribution in [1.82, 2.24) is 10.6 Å². The summed E-state index contributed by atoms with van der Waals surface area (Å²) < 4.78 is 5.35. The number of hydrogen-bond acceptors (Lipinski definition) is 4. The molecule has 2 rings (SSSR count). The Morgan fingerprint density at radius 2 is 2.50 bits per heavy atom. The minimum atomic E-state index is -0.766. The summed E-state index contributed by atoms with van der Waals surface area (Å²) in [7, 11) is 0. The molecule has 5 heteroatoms. The molecule has 3 N–H and O–H groups in total. The maximum Gasteiger partial charge on any atom is 0.225 e. The van der Waals surface area contributed by atoms with Crippen LogP contribution in [0.4, 0.5) is 0 Å². The molecule has 2 heterocycles. The van der Waals surface area contributed by atoms with E-state index >= 15 is 0 Å². The second kappa shape index (κ2) is 4.69. The molecule has 5 nitrogen and oxygen atoms in total. The lowest BCUT2D eigenvalue weighted by atomic mass is 10.00. The fraction of sp³-hybridized carbons (Fsp3) is 0.909. The van der Waals surface area contributed by atoms with Crippen molar-refractivity contribution in [2.75, 3.05) is 26.2 Å². The van der Waals surface area contributed by atoms with E-state index in [0.717, 1.165) is 13.0 Å². The van der Waals surface area contributed by atoms with Gasteiger partial charge in [0.1, 0.15) is 0 Å². The predicted molar refractivity (Wildman–Crippen MR) is 59.0 cm³/mol. The van der Waals surface area contributed by atoms with E-state index in [9.17, 15) is 9.90 Å². The van der Waals surface area contributed by atoms with Crippen molar-refractivity contribution in [2.24, 2.45) is 5.92 Å². The number of aliphatic hydroxyl groups is 1. The maximum absolute atomic E-state index is 11.8. The highest BCUT2D eigenvalue weighted by Crippen LogP contribution is 2.21. The predicted octanol–water partition coefficient (Wildman–Crippen LogP) is -0.748. The Labute approximate surface area is 95.5 Å². The first-order chi connectivity index (χ1) is 7.61. The number of β-amino-alcohol motifs (C(OH)–C–C–N with tert-alkyl or cyclic N) is 1. The van der Waals surface area contributed by atoms with Crippen LogP contribution in [0.15, 0.2) is 0 Å². The summed E-state index contributed by atoms with van der Waals surface area (Å²) in [5.74, 6) is -0.0525. The number of carbonyl (C=O) groups is 1. The molecule has 1 amide bonds. The van der Waals surface area contributed by atoms with E-state index in [1.165, 1.54) is 0 Å². The van der Waals surface area contributed by atoms with Crippen molar-refractivity contribution in [3.05, 3.63) is 0 Å². The average Bonchev–Trinajstić information content (AvgIpc) is 2.85. The Hall–Kier alpha value is -0.650. The summed E-state index contributed by atoms with van der Waals surface area (Å²) in [5.41, 5.74) is -0.766. The zero-order valence-corrected chi connectivity index (χ0v) is 9.66. The lowest BCUT2D eigenvalue weighted by Crippen LogP contribution is -2.46. The molecule has 0 aliphatic carbocycles. The third-order valence-corrected chi connectivity index (χ3v) is 3.53. The summed E-state index contributed by atoms with van der Waals surface area (Å²) in [6.07, 6.45) is 1.48. The number of rotatable bonds is 3. The third kappa shape index (κ3) is 2.53. The third-order valence-electron chi connectivity index (χ3n) is 3.53. The highest BCUT2D eigenvalue weighted by Gasteiger charge is 2.34. The van der Waals surface area contributed by atoms with Crippen molar-refractivity contribution >= 4 is 5.91 Å². The van der Waals surface area contributed by atoms with Crippen LogP contribution in [-0.2, 0) is 9.53 Å². The van der Waals surface area contributed by atoms with Gasteiger partial charge in [0, 0.05) is 19.7 Å². The van der Waals surface area contributed by atoms with Gasteiger partial charge in [0.25, 0.3) is 0 Å². The normalized spacial score (nSPS) is 38.9. The molecule has 0 bridgehead atoms. The lowest BCUT2D eigenvalue weighted by Gasteiger charge is -2.23. The van der Waals surface area contributed by atoms with Crippen molar-refractivity contribution in [1.29, 1.82) is 0 Å². The first-order valence-electron chi connectivity index (χ1n) is 5.93. The van der Waals surface area contributed by atoms with E-state index in [2.05, 4.69) is 10.6 Å². The van der Waals surface area contributed by atoms with Crippen LogP contribution < -0.4 is 10.6 Å². The first-order valence-corrected chi connectivity index (χ1v) is 5.93. The Morgan fingerprint density at radius 3 is 3.06 bits per heavy atom. The Kier molecular flexibility index (Phi) is 3.47. The van der Waals surface area contributed by atoms with Gasteiger partial charge in [0.2, 0.25) is 5.91 Å². The quantitative estimate of drug-likeness (QED) is 0.594. The van der Waals surface area contributed by atoms with Crippen LogP contribution in [0.3, 0.4) is 0 Å². The summed E-state index contributed by atoms with van der Waals surface area (Å²) in [6, 6.07) is 0. The van der Waals surface area contributed by atoms with E-state index in [4.69, 9.17) is 4.74 Å². The summed E-state index contributed by atoms with van der Waals surface area (Å²) >= 11 is 0. The summed E-state index contributed by atoms with van der Waals surface area (Å²) in [5, 5.41) is 16.0.